The van der Waals surface area contributed by atoms with E-state index in [1.54, 1.807) is 0 Å². The van der Waals surface area contributed by atoms with Crippen molar-refractivity contribution >= 4 is 15.9 Å². The summed E-state index contributed by atoms with van der Waals surface area (Å²) in [6, 6.07) is 7.68. The maximum absolute atomic E-state index is 11.9. The zero-order valence-corrected chi connectivity index (χ0v) is 11.8. The number of hydrogen-bond acceptors (Lipinski definition) is 3. The Balaban J connectivity index is 2.48. The van der Waals surface area contributed by atoms with Gasteiger partial charge in [-0.15, -0.1) is 0 Å². The van der Waals surface area contributed by atoms with Gasteiger partial charge in [-0.2, -0.15) is 0 Å². The molecule has 2 rings (SSSR count). The molecule has 0 aliphatic rings. The minimum Gasteiger partial charge on any atom is -0.315 e. The smallest absolute Gasteiger partial charge is 0.255 e. The van der Waals surface area contributed by atoms with Crippen LogP contribution >= 0.6 is 15.9 Å². The Labute approximate surface area is 114 Å². The van der Waals surface area contributed by atoms with Crippen LogP contribution in [0, 0.1) is 6.92 Å². The number of rotatable bonds is 3. The zero-order chi connectivity index (χ0) is 13.1. The van der Waals surface area contributed by atoms with E-state index in [2.05, 4.69) is 31.2 Å². The molecule has 0 amide bonds. The molecule has 0 fully saturated rings. The molecule has 0 atom stereocenters. The van der Waals surface area contributed by atoms with Gasteiger partial charge in [-0.1, -0.05) is 28.1 Å². The zero-order valence-electron chi connectivity index (χ0n) is 10.2. The van der Waals surface area contributed by atoms with Crippen LogP contribution in [-0.2, 0) is 6.54 Å². The molecule has 4 nitrogen and oxygen atoms in total. The fraction of sp³-hybridized carbons (Fsp3) is 0.231. The number of nitrogens with one attached hydrogen (secondary N) is 2. The lowest BCUT2D eigenvalue weighted by atomic mass is 10.2. The first kappa shape index (κ1) is 13.0. The van der Waals surface area contributed by atoms with Crippen LogP contribution in [0.3, 0.4) is 0 Å². The maximum Gasteiger partial charge on any atom is 0.255 e. The van der Waals surface area contributed by atoms with Gasteiger partial charge < -0.3 is 10.3 Å². The van der Waals surface area contributed by atoms with Crippen molar-refractivity contribution in [1.82, 2.24) is 15.3 Å². The summed E-state index contributed by atoms with van der Waals surface area (Å²) in [5.74, 6) is 0.602. The molecule has 0 aliphatic carbocycles. The van der Waals surface area contributed by atoms with Gasteiger partial charge in [0, 0.05) is 22.3 Å². The Morgan fingerprint density at radius 1 is 1.33 bits per heavy atom. The van der Waals surface area contributed by atoms with Gasteiger partial charge in [0.25, 0.3) is 5.56 Å². The molecule has 0 spiro atoms. The summed E-state index contributed by atoms with van der Waals surface area (Å²) < 4.78 is 0.997. The first-order valence-electron chi connectivity index (χ1n) is 5.62. The molecule has 0 unspecified atom stereocenters. The Kier molecular flexibility index (Phi) is 3.93. The predicted molar refractivity (Wildman–Crippen MR) is 75.5 cm³/mol. The van der Waals surface area contributed by atoms with Crippen molar-refractivity contribution in [3.63, 3.8) is 0 Å². The summed E-state index contributed by atoms with van der Waals surface area (Å²) in [4.78, 5) is 19.2. The second kappa shape index (κ2) is 5.46. The van der Waals surface area contributed by atoms with Gasteiger partial charge >= 0.3 is 0 Å². The largest absolute Gasteiger partial charge is 0.315 e. The van der Waals surface area contributed by atoms with Gasteiger partial charge in [0.05, 0.1) is 5.56 Å². The second-order valence-corrected chi connectivity index (χ2v) is 4.93. The number of H-pyrrole nitrogens is 1. The fourth-order valence-electron chi connectivity index (χ4n) is 1.74. The summed E-state index contributed by atoms with van der Waals surface area (Å²) in [7, 11) is 1.81. The standard InChI is InChI=1S/C13H14BrN3O/c1-8-11(7-15-2)13(18)17-12(16-8)9-3-5-10(14)6-4-9/h3-6,15H,7H2,1-2H3,(H,16,17,18). The van der Waals surface area contributed by atoms with Crippen LogP contribution in [0.4, 0.5) is 0 Å². The molecule has 5 heteroatoms. The predicted octanol–water partition coefficient (Wildman–Crippen LogP) is 2.23. The highest BCUT2D eigenvalue weighted by Crippen LogP contribution is 2.18. The van der Waals surface area contributed by atoms with Crippen molar-refractivity contribution in [2.45, 2.75) is 13.5 Å². The fourth-order valence-corrected chi connectivity index (χ4v) is 2.00. The molecule has 0 saturated carbocycles. The van der Waals surface area contributed by atoms with Crippen LogP contribution in [0.15, 0.2) is 33.5 Å². The molecule has 0 aliphatic heterocycles. The van der Waals surface area contributed by atoms with Gasteiger partial charge in [-0.25, -0.2) is 4.98 Å². The summed E-state index contributed by atoms with van der Waals surface area (Å²) in [5, 5.41) is 2.97. The third kappa shape index (κ3) is 2.68. The SMILES string of the molecule is CNCc1c(C)nc(-c2ccc(Br)cc2)[nH]c1=O. The first-order chi connectivity index (χ1) is 8.61. The van der Waals surface area contributed by atoms with Crippen molar-refractivity contribution in [3.8, 4) is 11.4 Å². The lowest BCUT2D eigenvalue weighted by Gasteiger charge is -2.07. The molecule has 1 aromatic heterocycles. The summed E-state index contributed by atoms with van der Waals surface area (Å²) >= 11 is 3.38. The van der Waals surface area contributed by atoms with Crippen LogP contribution in [0.25, 0.3) is 11.4 Å². The van der Waals surface area contributed by atoms with E-state index < -0.39 is 0 Å². The average Bonchev–Trinajstić information content (AvgIpc) is 2.34. The molecular weight excluding hydrogens is 294 g/mol. The normalized spacial score (nSPS) is 10.6. The van der Waals surface area contributed by atoms with Crippen LogP contribution in [0.2, 0.25) is 0 Å². The molecule has 1 heterocycles. The lowest BCUT2D eigenvalue weighted by molar-refractivity contribution is 0.787. The van der Waals surface area contributed by atoms with E-state index in [0.717, 1.165) is 15.7 Å². The molecule has 2 aromatic rings. The Morgan fingerprint density at radius 3 is 2.56 bits per heavy atom. The minimum absolute atomic E-state index is 0.0882. The van der Waals surface area contributed by atoms with Crippen molar-refractivity contribution < 1.29 is 0 Å². The number of aryl methyl sites for hydroxylation is 1. The third-order valence-corrected chi connectivity index (χ3v) is 3.22. The van der Waals surface area contributed by atoms with E-state index in [4.69, 9.17) is 0 Å². The first-order valence-corrected chi connectivity index (χ1v) is 6.41. The van der Waals surface area contributed by atoms with Gasteiger partial charge in [0.1, 0.15) is 5.82 Å². The van der Waals surface area contributed by atoms with Gasteiger partial charge in [-0.05, 0) is 26.1 Å². The van der Waals surface area contributed by atoms with Crippen LogP contribution in [-0.4, -0.2) is 17.0 Å². The summed E-state index contributed by atoms with van der Waals surface area (Å²) in [5.41, 5.74) is 2.24. The molecule has 0 saturated heterocycles. The quantitative estimate of drug-likeness (QED) is 0.914. The highest BCUT2D eigenvalue weighted by molar-refractivity contribution is 9.10. The Morgan fingerprint density at radius 2 is 2.00 bits per heavy atom. The molecule has 18 heavy (non-hydrogen) atoms. The number of aromatic nitrogens is 2. The molecular formula is C13H14BrN3O. The van der Waals surface area contributed by atoms with Crippen LogP contribution in [0.5, 0.6) is 0 Å². The van der Waals surface area contributed by atoms with E-state index in [1.165, 1.54) is 0 Å². The third-order valence-electron chi connectivity index (χ3n) is 2.69. The van der Waals surface area contributed by atoms with E-state index in [0.29, 0.717) is 17.9 Å². The minimum atomic E-state index is -0.0882. The summed E-state index contributed by atoms with van der Waals surface area (Å²) in [6.45, 7) is 2.37. The summed E-state index contributed by atoms with van der Waals surface area (Å²) in [6.07, 6.45) is 0. The van der Waals surface area contributed by atoms with Crippen LogP contribution in [0.1, 0.15) is 11.3 Å². The average molecular weight is 308 g/mol. The molecule has 94 valence electrons. The van der Waals surface area contributed by atoms with E-state index in [9.17, 15) is 4.79 Å². The van der Waals surface area contributed by atoms with Crippen molar-refractivity contribution in [1.29, 1.82) is 0 Å². The van der Waals surface area contributed by atoms with Gasteiger partial charge in [0.15, 0.2) is 0 Å². The van der Waals surface area contributed by atoms with Gasteiger partial charge in [-0.3, -0.25) is 4.79 Å². The molecule has 2 N–H and O–H groups in total. The van der Waals surface area contributed by atoms with Crippen molar-refractivity contribution in [3.05, 3.63) is 50.3 Å². The highest BCUT2D eigenvalue weighted by atomic mass is 79.9. The molecule has 0 bridgehead atoms. The number of hydrogen-bond donors (Lipinski definition) is 2. The Hall–Kier alpha value is -1.46. The van der Waals surface area contributed by atoms with E-state index in [1.807, 2.05) is 38.2 Å². The van der Waals surface area contributed by atoms with Gasteiger partial charge in [0.2, 0.25) is 0 Å². The van der Waals surface area contributed by atoms with E-state index >= 15 is 0 Å². The van der Waals surface area contributed by atoms with E-state index in [-0.39, 0.29) is 5.56 Å². The number of halogens is 1. The number of aromatic amines is 1. The Bertz CT molecular complexity index is 605. The van der Waals surface area contributed by atoms with Crippen molar-refractivity contribution in [2.24, 2.45) is 0 Å². The highest BCUT2D eigenvalue weighted by Gasteiger charge is 2.08. The van der Waals surface area contributed by atoms with Crippen LogP contribution < -0.4 is 10.9 Å². The molecule has 1 aromatic carbocycles. The molecule has 0 radical (unpaired) electrons. The topological polar surface area (TPSA) is 57.8 Å². The lowest BCUT2D eigenvalue weighted by Crippen LogP contribution is -2.21. The number of benzene rings is 1. The van der Waals surface area contributed by atoms with Crippen molar-refractivity contribution in [2.75, 3.05) is 7.05 Å². The monoisotopic (exact) mass is 307 g/mol. The number of nitrogens with zero attached hydrogens (tertiary/aromatic N) is 1. The maximum atomic E-state index is 11.9. The second-order valence-electron chi connectivity index (χ2n) is 4.02.